The number of rotatable bonds is 11. The molecule has 0 aromatic heterocycles. The molecule has 2 rings (SSSR count). The van der Waals surface area contributed by atoms with Crippen LogP contribution in [0.4, 0.5) is 5.69 Å². The highest BCUT2D eigenvalue weighted by Crippen LogP contribution is 2.19. The van der Waals surface area contributed by atoms with Gasteiger partial charge in [0.05, 0.1) is 10.7 Å². The van der Waals surface area contributed by atoms with Crippen molar-refractivity contribution >= 4 is 40.9 Å². The maximum Gasteiger partial charge on any atom is 0.269 e. The van der Waals surface area contributed by atoms with Gasteiger partial charge in [0, 0.05) is 36.0 Å². The van der Waals surface area contributed by atoms with Crippen molar-refractivity contribution in [2.24, 2.45) is 0 Å². The van der Waals surface area contributed by atoms with Crippen LogP contribution in [0.15, 0.2) is 48.5 Å². The second-order valence-corrected chi connectivity index (χ2v) is 8.45. The van der Waals surface area contributed by atoms with Gasteiger partial charge in [0.25, 0.3) is 5.69 Å². The molecule has 2 aromatic rings. The molecular formula is C22H26ClN3O4S. The van der Waals surface area contributed by atoms with Crippen molar-refractivity contribution in [2.75, 3.05) is 12.3 Å². The molecule has 1 unspecified atom stereocenters. The Kier molecular flexibility index (Phi) is 9.81. The van der Waals surface area contributed by atoms with Gasteiger partial charge in [0.15, 0.2) is 0 Å². The molecular weight excluding hydrogens is 438 g/mol. The fraction of sp³-hybridized carbons (Fsp3) is 0.364. The van der Waals surface area contributed by atoms with Crippen LogP contribution in [-0.2, 0) is 21.9 Å². The summed E-state index contributed by atoms with van der Waals surface area (Å²) >= 11 is 7.35. The van der Waals surface area contributed by atoms with Crippen LogP contribution in [0, 0.1) is 10.1 Å². The maximum atomic E-state index is 13.0. The van der Waals surface area contributed by atoms with E-state index in [4.69, 9.17) is 11.6 Å². The lowest BCUT2D eigenvalue weighted by Crippen LogP contribution is -2.48. The minimum atomic E-state index is -0.616. The second kappa shape index (κ2) is 12.3. The first-order valence-electron chi connectivity index (χ1n) is 9.94. The summed E-state index contributed by atoms with van der Waals surface area (Å²) in [6.45, 7) is 4.55. The molecule has 0 bridgehead atoms. The molecule has 1 N–H and O–H groups in total. The van der Waals surface area contributed by atoms with Crippen LogP contribution in [0.5, 0.6) is 0 Å². The van der Waals surface area contributed by atoms with E-state index < -0.39 is 11.0 Å². The number of carbonyl (C=O) groups excluding carboxylic acids is 2. The summed E-state index contributed by atoms with van der Waals surface area (Å²) in [6.07, 6.45) is 0.814. The van der Waals surface area contributed by atoms with Crippen LogP contribution >= 0.6 is 23.4 Å². The fourth-order valence-corrected chi connectivity index (χ4v) is 3.81. The minimum absolute atomic E-state index is 0.0332. The Bertz CT molecular complexity index is 891. The Labute approximate surface area is 191 Å². The summed E-state index contributed by atoms with van der Waals surface area (Å²) in [5.41, 5.74) is 1.81. The van der Waals surface area contributed by atoms with Crippen LogP contribution in [-0.4, -0.2) is 40.0 Å². The third-order valence-electron chi connectivity index (χ3n) is 4.62. The van der Waals surface area contributed by atoms with Gasteiger partial charge in [-0.25, -0.2) is 0 Å². The molecule has 2 amide bonds. The average Bonchev–Trinajstić information content (AvgIpc) is 2.76. The van der Waals surface area contributed by atoms with Crippen molar-refractivity contribution in [3.63, 3.8) is 0 Å². The van der Waals surface area contributed by atoms with Crippen molar-refractivity contribution in [1.29, 1.82) is 0 Å². The first-order chi connectivity index (χ1) is 14.8. The Balaban J connectivity index is 2.02. The number of hydrogen-bond acceptors (Lipinski definition) is 5. The van der Waals surface area contributed by atoms with Crippen LogP contribution in [0.3, 0.4) is 0 Å². The number of thioether (sulfide) groups is 1. The summed E-state index contributed by atoms with van der Waals surface area (Å²) in [4.78, 5) is 37.3. The van der Waals surface area contributed by atoms with Crippen LogP contribution in [0.25, 0.3) is 0 Å². The quantitative estimate of drug-likeness (QED) is 0.393. The lowest BCUT2D eigenvalue weighted by Gasteiger charge is -2.28. The van der Waals surface area contributed by atoms with Crippen molar-refractivity contribution in [3.05, 3.63) is 74.8 Å². The molecule has 9 heteroatoms. The zero-order chi connectivity index (χ0) is 22.8. The van der Waals surface area contributed by atoms with Gasteiger partial charge in [-0.15, -0.1) is 11.8 Å². The number of nitro benzene ring substituents is 1. The number of non-ortho nitro benzene ring substituents is 1. The average molecular weight is 464 g/mol. The molecule has 0 radical (unpaired) electrons. The zero-order valence-electron chi connectivity index (χ0n) is 17.5. The Morgan fingerprint density at radius 1 is 1.13 bits per heavy atom. The van der Waals surface area contributed by atoms with E-state index in [2.05, 4.69) is 5.32 Å². The topological polar surface area (TPSA) is 92.6 Å². The SMILES string of the molecule is CCCNC(=O)C(C)N(Cc1ccc(Cl)cc1)C(=O)CSCc1ccc([N+](=O)[O-])cc1. The molecule has 166 valence electrons. The van der Waals surface area contributed by atoms with Gasteiger partial charge in [0.1, 0.15) is 6.04 Å². The van der Waals surface area contributed by atoms with Crippen molar-refractivity contribution in [3.8, 4) is 0 Å². The Morgan fingerprint density at radius 3 is 2.32 bits per heavy atom. The molecule has 0 saturated heterocycles. The summed E-state index contributed by atoms with van der Waals surface area (Å²) in [5.74, 6) is 0.385. The van der Waals surface area contributed by atoms with E-state index in [0.29, 0.717) is 23.9 Å². The second-order valence-electron chi connectivity index (χ2n) is 7.03. The fourth-order valence-electron chi connectivity index (χ4n) is 2.82. The molecule has 0 spiro atoms. The molecule has 1 atom stereocenters. The summed E-state index contributed by atoms with van der Waals surface area (Å²) in [5, 5.41) is 14.2. The van der Waals surface area contributed by atoms with Crippen molar-refractivity contribution in [1.82, 2.24) is 10.2 Å². The first-order valence-corrected chi connectivity index (χ1v) is 11.5. The van der Waals surface area contributed by atoms with E-state index in [-0.39, 0.29) is 23.3 Å². The highest BCUT2D eigenvalue weighted by molar-refractivity contribution is 7.99. The largest absolute Gasteiger partial charge is 0.354 e. The molecule has 0 heterocycles. The molecule has 0 aliphatic rings. The number of nitrogens with zero attached hydrogens (tertiary/aromatic N) is 2. The van der Waals surface area contributed by atoms with Gasteiger partial charge in [-0.2, -0.15) is 0 Å². The van der Waals surface area contributed by atoms with Gasteiger partial charge in [-0.1, -0.05) is 42.8 Å². The van der Waals surface area contributed by atoms with Crippen molar-refractivity contribution in [2.45, 2.75) is 38.6 Å². The Morgan fingerprint density at radius 2 is 1.74 bits per heavy atom. The van der Waals surface area contributed by atoms with E-state index in [0.717, 1.165) is 17.5 Å². The van der Waals surface area contributed by atoms with Gasteiger partial charge < -0.3 is 10.2 Å². The highest BCUT2D eigenvalue weighted by atomic mass is 35.5. The van der Waals surface area contributed by atoms with Gasteiger partial charge in [0.2, 0.25) is 11.8 Å². The lowest BCUT2D eigenvalue weighted by atomic mass is 10.1. The smallest absolute Gasteiger partial charge is 0.269 e. The third kappa shape index (κ3) is 7.88. The number of nitrogens with one attached hydrogen (secondary N) is 1. The molecule has 0 fully saturated rings. The summed E-state index contributed by atoms with van der Waals surface area (Å²) < 4.78 is 0. The van der Waals surface area contributed by atoms with E-state index in [1.54, 1.807) is 36.1 Å². The molecule has 31 heavy (non-hydrogen) atoms. The van der Waals surface area contributed by atoms with E-state index in [1.165, 1.54) is 23.9 Å². The maximum absolute atomic E-state index is 13.0. The number of nitro groups is 1. The molecule has 7 nitrogen and oxygen atoms in total. The Hall–Kier alpha value is -2.58. The van der Waals surface area contributed by atoms with Crippen molar-refractivity contribution < 1.29 is 14.5 Å². The summed E-state index contributed by atoms with van der Waals surface area (Å²) in [6, 6.07) is 12.8. The predicted octanol–water partition coefficient (Wildman–Crippen LogP) is 4.42. The monoisotopic (exact) mass is 463 g/mol. The third-order valence-corrected chi connectivity index (χ3v) is 5.86. The van der Waals surface area contributed by atoms with E-state index in [9.17, 15) is 19.7 Å². The minimum Gasteiger partial charge on any atom is -0.354 e. The predicted molar refractivity (Wildman–Crippen MR) is 124 cm³/mol. The zero-order valence-corrected chi connectivity index (χ0v) is 19.1. The molecule has 2 aromatic carbocycles. The van der Waals surface area contributed by atoms with Gasteiger partial charge in [-0.05, 0) is 36.6 Å². The number of amides is 2. The van der Waals surface area contributed by atoms with Gasteiger partial charge in [-0.3, -0.25) is 19.7 Å². The molecule has 0 aliphatic carbocycles. The first kappa shape index (κ1) is 24.7. The number of benzene rings is 2. The van der Waals surface area contributed by atoms with Gasteiger partial charge >= 0.3 is 0 Å². The molecule has 0 aliphatic heterocycles. The highest BCUT2D eigenvalue weighted by Gasteiger charge is 2.25. The van der Waals surface area contributed by atoms with E-state index in [1.807, 2.05) is 19.1 Å². The van der Waals surface area contributed by atoms with Crippen LogP contribution < -0.4 is 5.32 Å². The number of halogens is 1. The standard InChI is InChI=1S/C22H26ClN3O4S/c1-3-12-24-22(28)16(2)25(13-17-4-8-19(23)9-5-17)21(27)15-31-14-18-6-10-20(11-7-18)26(29)30/h4-11,16H,3,12-15H2,1-2H3,(H,24,28). The lowest BCUT2D eigenvalue weighted by molar-refractivity contribution is -0.384. The van der Waals surface area contributed by atoms with Crippen LogP contribution in [0.1, 0.15) is 31.4 Å². The van der Waals surface area contributed by atoms with Crippen LogP contribution in [0.2, 0.25) is 5.02 Å². The normalized spacial score (nSPS) is 11.6. The number of carbonyl (C=O) groups is 2. The number of hydrogen-bond donors (Lipinski definition) is 1. The van der Waals surface area contributed by atoms with E-state index >= 15 is 0 Å². The summed E-state index contributed by atoms with van der Waals surface area (Å²) in [7, 11) is 0. The molecule has 0 saturated carbocycles.